The van der Waals surface area contributed by atoms with E-state index < -0.39 is 5.60 Å². The highest BCUT2D eigenvalue weighted by Gasteiger charge is 2.28. The number of nitrogens with zero attached hydrogens (tertiary/aromatic N) is 2. The molecule has 1 aliphatic heterocycles. The van der Waals surface area contributed by atoms with Crippen LogP contribution in [-0.2, 0) is 6.54 Å². The van der Waals surface area contributed by atoms with Crippen molar-refractivity contribution in [1.29, 1.82) is 0 Å². The van der Waals surface area contributed by atoms with Gasteiger partial charge in [-0.3, -0.25) is 4.98 Å². The van der Waals surface area contributed by atoms with Crippen LogP contribution in [0, 0.1) is 0 Å². The number of aromatic nitrogens is 1. The molecule has 1 saturated heterocycles. The van der Waals surface area contributed by atoms with Gasteiger partial charge in [0.15, 0.2) is 0 Å². The summed E-state index contributed by atoms with van der Waals surface area (Å²) in [6.07, 6.45) is 3.45. The molecule has 0 spiro atoms. The second-order valence-electron chi connectivity index (χ2n) is 5.84. The van der Waals surface area contributed by atoms with E-state index in [1.165, 1.54) is 5.69 Å². The number of hydrogen-bond donors (Lipinski definition) is 2. The number of piperidine rings is 1. The average molecular weight is 271 g/mol. The van der Waals surface area contributed by atoms with E-state index in [4.69, 9.17) is 5.73 Å². The largest absolute Gasteiger partial charge is 0.390 e. The number of pyridine rings is 1. The standard InChI is InChI=1S/C16H21N3O/c1-16(20)6-8-19(9-7-16)15-12(10-17)11-18-14-5-3-2-4-13(14)15/h2-5,11,20H,6-10,17H2,1H3. The second kappa shape index (κ2) is 5.04. The topological polar surface area (TPSA) is 62.4 Å². The van der Waals surface area contributed by atoms with Gasteiger partial charge in [0, 0.05) is 36.8 Å². The molecule has 3 N–H and O–H groups in total. The van der Waals surface area contributed by atoms with Crippen molar-refractivity contribution in [2.24, 2.45) is 5.73 Å². The zero-order valence-electron chi connectivity index (χ0n) is 11.8. The van der Waals surface area contributed by atoms with Crippen molar-refractivity contribution in [3.63, 3.8) is 0 Å². The van der Waals surface area contributed by atoms with Crippen LogP contribution in [0.4, 0.5) is 5.69 Å². The summed E-state index contributed by atoms with van der Waals surface area (Å²) in [6.45, 7) is 4.11. The maximum atomic E-state index is 10.1. The number of para-hydroxylation sites is 1. The van der Waals surface area contributed by atoms with Gasteiger partial charge in [0.05, 0.1) is 16.8 Å². The van der Waals surface area contributed by atoms with Crippen LogP contribution in [0.1, 0.15) is 25.3 Å². The van der Waals surface area contributed by atoms with Crippen LogP contribution >= 0.6 is 0 Å². The fourth-order valence-electron chi connectivity index (χ4n) is 2.90. The predicted molar refractivity (Wildman–Crippen MR) is 81.7 cm³/mol. The van der Waals surface area contributed by atoms with Gasteiger partial charge in [-0.1, -0.05) is 18.2 Å². The molecule has 1 fully saturated rings. The Morgan fingerprint density at radius 3 is 2.70 bits per heavy atom. The Hall–Kier alpha value is -1.65. The zero-order valence-corrected chi connectivity index (χ0v) is 11.8. The Morgan fingerprint density at radius 2 is 2.00 bits per heavy atom. The Kier molecular flexibility index (Phi) is 3.36. The van der Waals surface area contributed by atoms with Crippen LogP contribution in [-0.4, -0.2) is 28.8 Å². The SMILES string of the molecule is CC1(O)CCN(c2c(CN)cnc3ccccc23)CC1. The van der Waals surface area contributed by atoms with Gasteiger partial charge in [-0.25, -0.2) is 0 Å². The molecule has 0 atom stereocenters. The number of hydrogen-bond acceptors (Lipinski definition) is 4. The van der Waals surface area contributed by atoms with E-state index in [0.717, 1.165) is 42.4 Å². The monoisotopic (exact) mass is 271 g/mol. The smallest absolute Gasteiger partial charge is 0.0723 e. The lowest BCUT2D eigenvalue weighted by atomic mass is 9.93. The molecule has 0 aliphatic carbocycles. The molecule has 2 heterocycles. The van der Waals surface area contributed by atoms with E-state index in [1.54, 1.807) is 0 Å². The van der Waals surface area contributed by atoms with E-state index >= 15 is 0 Å². The third-order valence-corrected chi connectivity index (χ3v) is 4.20. The summed E-state index contributed by atoms with van der Waals surface area (Å²) in [6, 6.07) is 8.17. The number of nitrogens with two attached hydrogens (primary N) is 1. The van der Waals surface area contributed by atoms with Crippen molar-refractivity contribution in [3.05, 3.63) is 36.0 Å². The fraction of sp³-hybridized carbons (Fsp3) is 0.438. The molecule has 1 aromatic heterocycles. The van der Waals surface area contributed by atoms with Crippen LogP contribution in [0.2, 0.25) is 0 Å². The van der Waals surface area contributed by atoms with E-state index in [2.05, 4.69) is 16.0 Å². The van der Waals surface area contributed by atoms with E-state index in [1.807, 2.05) is 31.3 Å². The van der Waals surface area contributed by atoms with Crippen molar-refractivity contribution in [1.82, 2.24) is 4.98 Å². The highest BCUT2D eigenvalue weighted by atomic mass is 16.3. The maximum Gasteiger partial charge on any atom is 0.0723 e. The first kappa shape index (κ1) is 13.3. The van der Waals surface area contributed by atoms with Crippen LogP contribution < -0.4 is 10.6 Å². The first-order valence-electron chi connectivity index (χ1n) is 7.15. The molecular weight excluding hydrogens is 250 g/mol. The lowest BCUT2D eigenvalue weighted by molar-refractivity contribution is 0.0351. The molecule has 0 unspecified atom stereocenters. The van der Waals surface area contributed by atoms with Gasteiger partial charge < -0.3 is 15.7 Å². The summed E-state index contributed by atoms with van der Waals surface area (Å²) in [7, 11) is 0. The van der Waals surface area contributed by atoms with Gasteiger partial charge in [0.25, 0.3) is 0 Å². The van der Waals surface area contributed by atoms with Gasteiger partial charge in [-0.05, 0) is 25.8 Å². The summed E-state index contributed by atoms with van der Waals surface area (Å²) >= 11 is 0. The zero-order chi connectivity index (χ0) is 14.2. The molecule has 0 saturated carbocycles. The van der Waals surface area contributed by atoms with Crippen LogP contribution in [0.15, 0.2) is 30.5 Å². The lowest BCUT2D eigenvalue weighted by Gasteiger charge is -2.38. The predicted octanol–water partition coefficient (Wildman–Crippen LogP) is 2.04. The quantitative estimate of drug-likeness (QED) is 0.877. The molecule has 106 valence electrons. The van der Waals surface area contributed by atoms with Crippen LogP contribution in [0.5, 0.6) is 0 Å². The molecule has 0 radical (unpaired) electrons. The third kappa shape index (κ3) is 2.37. The summed E-state index contributed by atoms with van der Waals surface area (Å²) in [4.78, 5) is 6.82. The minimum absolute atomic E-state index is 0.486. The van der Waals surface area contributed by atoms with Gasteiger partial charge in [-0.2, -0.15) is 0 Å². The van der Waals surface area contributed by atoms with Crippen LogP contribution in [0.3, 0.4) is 0 Å². The lowest BCUT2D eigenvalue weighted by Crippen LogP contribution is -2.43. The molecule has 4 heteroatoms. The Morgan fingerprint density at radius 1 is 1.30 bits per heavy atom. The van der Waals surface area contributed by atoms with Gasteiger partial charge in [0.2, 0.25) is 0 Å². The van der Waals surface area contributed by atoms with Crippen LogP contribution in [0.25, 0.3) is 10.9 Å². The molecule has 0 amide bonds. The number of aliphatic hydroxyl groups is 1. The summed E-state index contributed by atoms with van der Waals surface area (Å²) in [5.41, 5.74) is 8.61. The summed E-state index contributed by atoms with van der Waals surface area (Å²) in [5.74, 6) is 0. The van der Waals surface area contributed by atoms with E-state index in [0.29, 0.717) is 6.54 Å². The minimum Gasteiger partial charge on any atom is -0.390 e. The second-order valence-corrected chi connectivity index (χ2v) is 5.84. The highest BCUT2D eigenvalue weighted by Crippen LogP contribution is 2.33. The third-order valence-electron chi connectivity index (χ3n) is 4.20. The highest BCUT2D eigenvalue weighted by molar-refractivity contribution is 5.93. The molecule has 1 aliphatic rings. The maximum absolute atomic E-state index is 10.1. The normalized spacial score (nSPS) is 18.4. The Labute approximate surface area is 119 Å². The van der Waals surface area contributed by atoms with Crippen molar-refractivity contribution < 1.29 is 5.11 Å². The van der Waals surface area contributed by atoms with Crippen molar-refractivity contribution in [2.75, 3.05) is 18.0 Å². The number of anilines is 1. The Balaban J connectivity index is 2.05. The molecule has 20 heavy (non-hydrogen) atoms. The van der Waals surface area contributed by atoms with E-state index in [-0.39, 0.29) is 0 Å². The minimum atomic E-state index is -0.539. The van der Waals surface area contributed by atoms with Crippen molar-refractivity contribution >= 4 is 16.6 Å². The van der Waals surface area contributed by atoms with Crippen molar-refractivity contribution in [2.45, 2.75) is 31.9 Å². The van der Waals surface area contributed by atoms with Gasteiger partial charge >= 0.3 is 0 Å². The molecular formula is C16H21N3O. The molecule has 3 rings (SSSR count). The molecule has 1 aromatic carbocycles. The molecule has 0 bridgehead atoms. The Bertz CT molecular complexity index is 614. The first-order chi connectivity index (χ1) is 9.61. The number of rotatable bonds is 2. The van der Waals surface area contributed by atoms with Crippen molar-refractivity contribution in [3.8, 4) is 0 Å². The van der Waals surface area contributed by atoms with E-state index in [9.17, 15) is 5.11 Å². The molecule has 4 nitrogen and oxygen atoms in total. The summed E-state index contributed by atoms with van der Waals surface area (Å²) in [5, 5.41) is 11.3. The fourth-order valence-corrected chi connectivity index (χ4v) is 2.90. The average Bonchev–Trinajstić information content (AvgIpc) is 2.46. The number of fused-ring (bicyclic) bond motifs is 1. The van der Waals surface area contributed by atoms with Gasteiger partial charge in [-0.15, -0.1) is 0 Å². The van der Waals surface area contributed by atoms with Gasteiger partial charge in [0.1, 0.15) is 0 Å². The first-order valence-corrected chi connectivity index (χ1v) is 7.15. The number of benzene rings is 1. The molecule has 2 aromatic rings. The summed E-state index contributed by atoms with van der Waals surface area (Å²) < 4.78 is 0.